The Labute approximate surface area is 188 Å². The summed E-state index contributed by atoms with van der Waals surface area (Å²) in [6.07, 6.45) is 4.12. The fraction of sp³-hybridized carbons (Fsp3) is 0.115. The molecule has 5 nitrogen and oxygen atoms in total. The Morgan fingerprint density at radius 2 is 1.64 bits per heavy atom. The van der Waals surface area contributed by atoms with Crippen molar-refractivity contribution in [2.45, 2.75) is 18.9 Å². The number of benzene rings is 3. The number of carbonyl (C=O) groups excluding carboxylic acids is 1. The third kappa shape index (κ3) is 5.03. The van der Waals surface area contributed by atoms with E-state index in [2.05, 4.69) is 10.3 Å². The molecule has 0 aliphatic heterocycles. The first-order chi connectivity index (χ1) is 15.9. The lowest BCUT2D eigenvalue weighted by molar-refractivity contribution is -0.139. The van der Waals surface area contributed by atoms with Gasteiger partial charge in [-0.05, 0) is 46.7 Å². The van der Waals surface area contributed by atoms with E-state index in [4.69, 9.17) is 0 Å². The Morgan fingerprint density at radius 3 is 2.39 bits per heavy atom. The number of halogens is 2. The second-order valence-electron chi connectivity index (χ2n) is 7.68. The number of aromatic nitrogens is 1. The van der Waals surface area contributed by atoms with Gasteiger partial charge in [-0.1, -0.05) is 48.5 Å². The van der Waals surface area contributed by atoms with Crippen molar-refractivity contribution in [2.75, 3.05) is 0 Å². The molecule has 1 atom stereocenters. The van der Waals surface area contributed by atoms with E-state index in [0.29, 0.717) is 12.0 Å². The highest BCUT2D eigenvalue weighted by molar-refractivity contribution is 5.97. The average Bonchev–Trinajstić information content (AvgIpc) is 2.79. The molecule has 0 aliphatic rings. The minimum absolute atomic E-state index is 0.0396. The van der Waals surface area contributed by atoms with Crippen LogP contribution in [0.15, 0.2) is 79.1 Å². The number of nitrogens with zero attached hydrogens (tertiary/aromatic N) is 1. The van der Waals surface area contributed by atoms with Gasteiger partial charge < -0.3 is 10.4 Å². The van der Waals surface area contributed by atoms with Crippen LogP contribution in [0.3, 0.4) is 0 Å². The fourth-order valence-electron chi connectivity index (χ4n) is 3.80. The van der Waals surface area contributed by atoms with E-state index >= 15 is 0 Å². The molecule has 33 heavy (non-hydrogen) atoms. The van der Waals surface area contributed by atoms with Crippen LogP contribution in [0, 0.1) is 11.6 Å². The molecule has 1 heterocycles. The molecule has 1 aromatic heterocycles. The number of carboxylic acid groups (broad SMARTS) is 1. The number of nitrogens with one attached hydrogen (secondary N) is 1. The summed E-state index contributed by atoms with van der Waals surface area (Å²) in [6.45, 7) is 0. The molecule has 0 spiro atoms. The maximum absolute atomic E-state index is 13.9. The maximum atomic E-state index is 13.9. The number of fused-ring (bicyclic) bond motifs is 1. The van der Waals surface area contributed by atoms with E-state index < -0.39 is 35.1 Å². The van der Waals surface area contributed by atoms with Crippen LogP contribution in [-0.2, 0) is 17.6 Å². The summed E-state index contributed by atoms with van der Waals surface area (Å²) >= 11 is 0. The highest BCUT2D eigenvalue weighted by Gasteiger charge is 2.25. The number of carboxylic acids is 1. The Kier molecular flexibility index (Phi) is 6.40. The summed E-state index contributed by atoms with van der Waals surface area (Å²) in [6, 6.07) is 17.0. The Hall–Kier alpha value is -4.13. The van der Waals surface area contributed by atoms with Crippen molar-refractivity contribution in [1.82, 2.24) is 10.3 Å². The Bertz CT molecular complexity index is 1310. The molecule has 3 aromatic carbocycles. The van der Waals surface area contributed by atoms with Gasteiger partial charge in [0.25, 0.3) is 5.91 Å². The van der Waals surface area contributed by atoms with E-state index in [0.717, 1.165) is 40.1 Å². The number of hydrogen-bond acceptors (Lipinski definition) is 3. The second-order valence-corrected chi connectivity index (χ2v) is 7.68. The zero-order valence-electron chi connectivity index (χ0n) is 17.5. The summed E-state index contributed by atoms with van der Waals surface area (Å²) in [7, 11) is 0. The van der Waals surface area contributed by atoms with Crippen molar-refractivity contribution in [1.29, 1.82) is 0 Å². The third-order valence-corrected chi connectivity index (χ3v) is 5.39. The van der Waals surface area contributed by atoms with Crippen LogP contribution in [-0.4, -0.2) is 28.0 Å². The van der Waals surface area contributed by atoms with Gasteiger partial charge in [0, 0.05) is 24.2 Å². The van der Waals surface area contributed by atoms with Gasteiger partial charge in [-0.2, -0.15) is 0 Å². The van der Waals surface area contributed by atoms with Crippen molar-refractivity contribution in [3.8, 4) is 0 Å². The normalized spacial score (nSPS) is 11.8. The van der Waals surface area contributed by atoms with Crippen molar-refractivity contribution < 1.29 is 23.5 Å². The molecule has 4 aromatic rings. The number of pyridine rings is 1. The molecule has 0 radical (unpaired) electrons. The fourth-order valence-corrected chi connectivity index (χ4v) is 3.80. The topological polar surface area (TPSA) is 79.3 Å². The van der Waals surface area contributed by atoms with Crippen LogP contribution < -0.4 is 5.32 Å². The largest absolute Gasteiger partial charge is 0.480 e. The smallest absolute Gasteiger partial charge is 0.326 e. The minimum Gasteiger partial charge on any atom is -0.480 e. The molecule has 4 rings (SSSR count). The molecule has 0 aliphatic carbocycles. The second kappa shape index (κ2) is 9.56. The monoisotopic (exact) mass is 446 g/mol. The number of hydrogen-bond donors (Lipinski definition) is 2. The van der Waals surface area contributed by atoms with Gasteiger partial charge in [0.2, 0.25) is 0 Å². The lowest BCUT2D eigenvalue weighted by Crippen LogP contribution is -2.43. The van der Waals surface area contributed by atoms with Crippen molar-refractivity contribution >= 4 is 22.6 Å². The van der Waals surface area contributed by atoms with Crippen molar-refractivity contribution in [3.63, 3.8) is 0 Å². The average molecular weight is 446 g/mol. The molecule has 7 heteroatoms. The molecule has 0 unspecified atom stereocenters. The Balaban J connectivity index is 1.53. The number of aliphatic carboxylic acids is 1. The van der Waals surface area contributed by atoms with E-state index in [9.17, 15) is 23.5 Å². The van der Waals surface area contributed by atoms with Crippen LogP contribution >= 0.6 is 0 Å². The molecular formula is C26H20F2N2O3. The summed E-state index contributed by atoms with van der Waals surface area (Å²) in [5.74, 6) is -4.52. The summed E-state index contributed by atoms with van der Waals surface area (Å²) in [5, 5.41) is 13.9. The standard InChI is InChI=1S/C26H20F2N2O3/c27-21-8-3-9-22(28)24(21)25(31)30-23(26(32)33)14-17-5-1-4-16(12-17)13-19-7-2-6-18-10-11-29-15-20(18)19/h1-12,15,23H,13-14H2,(H,30,31)(H,32,33)/t23-/m0/s1. The van der Waals surface area contributed by atoms with E-state index in [1.54, 1.807) is 12.3 Å². The van der Waals surface area contributed by atoms with Gasteiger partial charge in [0.05, 0.1) is 0 Å². The number of rotatable bonds is 7. The zero-order chi connectivity index (χ0) is 23.4. The van der Waals surface area contributed by atoms with Crippen LogP contribution in [0.2, 0.25) is 0 Å². The van der Waals surface area contributed by atoms with E-state index in [1.165, 1.54) is 0 Å². The Morgan fingerprint density at radius 1 is 0.939 bits per heavy atom. The van der Waals surface area contributed by atoms with Crippen LogP contribution in [0.1, 0.15) is 27.0 Å². The quantitative estimate of drug-likeness (QED) is 0.437. The highest BCUT2D eigenvalue weighted by atomic mass is 19.1. The van der Waals surface area contributed by atoms with Gasteiger partial charge in [0.1, 0.15) is 23.2 Å². The zero-order valence-corrected chi connectivity index (χ0v) is 17.5. The predicted octanol–water partition coefficient (Wildman–Crippen LogP) is 4.53. The molecular weight excluding hydrogens is 426 g/mol. The summed E-state index contributed by atoms with van der Waals surface area (Å²) in [4.78, 5) is 28.3. The third-order valence-electron chi connectivity index (χ3n) is 5.39. The summed E-state index contributed by atoms with van der Waals surface area (Å²) < 4.78 is 27.8. The van der Waals surface area contributed by atoms with Crippen molar-refractivity contribution in [2.24, 2.45) is 0 Å². The maximum Gasteiger partial charge on any atom is 0.326 e. The SMILES string of the molecule is O=C(N[C@@H](Cc1cccc(Cc2cccc3ccncc23)c1)C(=O)O)c1c(F)cccc1F. The first-order valence-electron chi connectivity index (χ1n) is 10.3. The molecule has 0 saturated carbocycles. The molecule has 2 N–H and O–H groups in total. The first-order valence-corrected chi connectivity index (χ1v) is 10.3. The first kappa shape index (κ1) is 22.1. The molecule has 0 fully saturated rings. The van der Waals surface area contributed by atoms with Crippen LogP contribution in [0.25, 0.3) is 10.8 Å². The summed E-state index contributed by atoms with van der Waals surface area (Å²) in [5.41, 5.74) is 1.91. The van der Waals surface area contributed by atoms with Gasteiger partial charge in [-0.3, -0.25) is 9.78 Å². The lowest BCUT2D eigenvalue weighted by Gasteiger charge is -2.16. The lowest BCUT2D eigenvalue weighted by atomic mass is 9.97. The van der Waals surface area contributed by atoms with E-state index in [1.807, 2.05) is 48.7 Å². The minimum atomic E-state index is -1.35. The highest BCUT2D eigenvalue weighted by Crippen LogP contribution is 2.21. The van der Waals surface area contributed by atoms with Gasteiger partial charge in [-0.15, -0.1) is 0 Å². The van der Waals surface area contributed by atoms with Gasteiger partial charge >= 0.3 is 5.97 Å². The van der Waals surface area contributed by atoms with Gasteiger partial charge in [-0.25, -0.2) is 13.6 Å². The van der Waals surface area contributed by atoms with Gasteiger partial charge in [0.15, 0.2) is 0 Å². The van der Waals surface area contributed by atoms with Crippen LogP contribution in [0.5, 0.6) is 0 Å². The molecule has 166 valence electrons. The molecule has 0 saturated heterocycles. The van der Waals surface area contributed by atoms with Crippen LogP contribution in [0.4, 0.5) is 8.78 Å². The molecule has 1 amide bonds. The van der Waals surface area contributed by atoms with Crippen molar-refractivity contribution in [3.05, 3.63) is 113 Å². The number of amides is 1. The molecule has 0 bridgehead atoms. The predicted molar refractivity (Wildman–Crippen MR) is 120 cm³/mol. The number of carbonyl (C=O) groups is 2. The van der Waals surface area contributed by atoms with E-state index in [-0.39, 0.29) is 6.42 Å².